The summed E-state index contributed by atoms with van der Waals surface area (Å²) in [5, 5.41) is 11.9. The van der Waals surface area contributed by atoms with E-state index in [1.165, 1.54) is 0 Å². The Morgan fingerprint density at radius 3 is 2.50 bits per heavy atom. The van der Waals surface area contributed by atoms with Crippen LogP contribution in [0.2, 0.25) is 0 Å². The summed E-state index contributed by atoms with van der Waals surface area (Å²) in [5.74, 6) is -2.26. The van der Waals surface area contributed by atoms with E-state index >= 15 is 0 Å². The number of aliphatic carboxylic acids is 1. The maximum absolute atomic E-state index is 12.2. The summed E-state index contributed by atoms with van der Waals surface area (Å²) >= 11 is 0. The number of rotatable bonds is 5. The third kappa shape index (κ3) is 2.54. The zero-order chi connectivity index (χ0) is 14.9. The van der Waals surface area contributed by atoms with E-state index in [1.54, 1.807) is 27.0 Å². The summed E-state index contributed by atoms with van der Waals surface area (Å²) in [4.78, 5) is 23.4. The van der Waals surface area contributed by atoms with E-state index in [2.05, 4.69) is 5.32 Å². The fourth-order valence-electron chi connectivity index (χ4n) is 2.72. The minimum Gasteiger partial charge on any atom is -0.481 e. The van der Waals surface area contributed by atoms with Crippen LogP contribution in [0.3, 0.4) is 0 Å². The summed E-state index contributed by atoms with van der Waals surface area (Å²) in [7, 11) is 1.59. The van der Waals surface area contributed by atoms with Gasteiger partial charge in [0.15, 0.2) is 0 Å². The first kappa shape index (κ1) is 14.5. The molecule has 0 spiro atoms. The number of hydrogen-bond acceptors (Lipinski definition) is 3. The maximum Gasteiger partial charge on any atom is 0.307 e. The molecule has 5 heteroatoms. The van der Waals surface area contributed by atoms with E-state index in [0.29, 0.717) is 12.3 Å². The number of methoxy groups -OCH3 is 1. The summed E-state index contributed by atoms with van der Waals surface area (Å²) in [6.07, 6.45) is 0. The highest BCUT2D eigenvalue weighted by Gasteiger charge is 2.65. The van der Waals surface area contributed by atoms with Crippen LogP contribution in [-0.2, 0) is 20.9 Å². The second-order valence-electron chi connectivity index (χ2n) is 5.69. The van der Waals surface area contributed by atoms with Crippen LogP contribution in [0.15, 0.2) is 24.3 Å². The smallest absolute Gasteiger partial charge is 0.307 e. The van der Waals surface area contributed by atoms with Crippen LogP contribution in [0, 0.1) is 17.3 Å². The van der Waals surface area contributed by atoms with Crippen LogP contribution >= 0.6 is 0 Å². The molecule has 0 aromatic heterocycles. The Hall–Kier alpha value is -1.88. The van der Waals surface area contributed by atoms with Crippen LogP contribution in [-0.4, -0.2) is 24.1 Å². The van der Waals surface area contributed by atoms with Crippen molar-refractivity contribution in [2.75, 3.05) is 12.4 Å². The highest BCUT2D eigenvalue weighted by atomic mass is 16.5. The van der Waals surface area contributed by atoms with Crippen molar-refractivity contribution < 1.29 is 19.4 Å². The van der Waals surface area contributed by atoms with Gasteiger partial charge in [-0.1, -0.05) is 32.0 Å². The first-order valence-electron chi connectivity index (χ1n) is 6.50. The van der Waals surface area contributed by atoms with Gasteiger partial charge in [-0.2, -0.15) is 0 Å². The monoisotopic (exact) mass is 277 g/mol. The first-order chi connectivity index (χ1) is 9.39. The SMILES string of the molecule is COCc1ccccc1NC(=O)[C@H]1[C@@H](C(=O)O)C1(C)C. The minimum absolute atomic E-state index is 0.244. The molecule has 1 aromatic carbocycles. The number of anilines is 1. The van der Waals surface area contributed by atoms with Crippen LogP contribution in [0.1, 0.15) is 19.4 Å². The van der Waals surface area contributed by atoms with Crippen molar-refractivity contribution in [1.29, 1.82) is 0 Å². The molecule has 20 heavy (non-hydrogen) atoms. The average Bonchev–Trinajstić information content (AvgIpc) is 2.95. The van der Waals surface area contributed by atoms with Gasteiger partial charge in [0, 0.05) is 18.4 Å². The van der Waals surface area contributed by atoms with Gasteiger partial charge in [-0.3, -0.25) is 9.59 Å². The Kier molecular flexibility index (Phi) is 3.81. The lowest BCUT2D eigenvalue weighted by molar-refractivity contribution is -0.140. The molecule has 0 unspecified atom stereocenters. The molecule has 1 aromatic rings. The number of carbonyl (C=O) groups is 2. The zero-order valence-corrected chi connectivity index (χ0v) is 11.8. The minimum atomic E-state index is -0.916. The molecule has 0 radical (unpaired) electrons. The molecule has 5 nitrogen and oxygen atoms in total. The third-order valence-corrected chi connectivity index (χ3v) is 3.95. The molecule has 1 fully saturated rings. The van der Waals surface area contributed by atoms with E-state index in [9.17, 15) is 9.59 Å². The van der Waals surface area contributed by atoms with Gasteiger partial charge in [0.05, 0.1) is 18.4 Å². The lowest BCUT2D eigenvalue weighted by atomic mass is 10.1. The predicted molar refractivity (Wildman–Crippen MR) is 74.2 cm³/mol. The number of para-hydroxylation sites is 1. The number of amides is 1. The van der Waals surface area contributed by atoms with E-state index in [1.807, 2.05) is 18.2 Å². The molecular formula is C15H19NO4. The van der Waals surface area contributed by atoms with Gasteiger partial charge in [0.2, 0.25) is 5.91 Å². The van der Waals surface area contributed by atoms with Crippen molar-refractivity contribution in [3.63, 3.8) is 0 Å². The molecule has 2 atom stereocenters. The third-order valence-electron chi connectivity index (χ3n) is 3.95. The van der Waals surface area contributed by atoms with Crippen molar-refractivity contribution in [3.8, 4) is 0 Å². The lowest BCUT2D eigenvalue weighted by Crippen LogP contribution is -2.18. The first-order valence-corrected chi connectivity index (χ1v) is 6.50. The van der Waals surface area contributed by atoms with Crippen LogP contribution in [0.4, 0.5) is 5.69 Å². The normalized spacial score (nSPS) is 23.1. The highest BCUT2D eigenvalue weighted by molar-refractivity contribution is 6.00. The van der Waals surface area contributed by atoms with E-state index in [0.717, 1.165) is 5.56 Å². The van der Waals surface area contributed by atoms with Gasteiger partial charge in [-0.25, -0.2) is 0 Å². The van der Waals surface area contributed by atoms with Crippen molar-refractivity contribution >= 4 is 17.6 Å². The molecule has 1 amide bonds. The van der Waals surface area contributed by atoms with E-state index in [-0.39, 0.29) is 5.91 Å². The molecule has 2 N–H and O–H groups in total. The number of nitrogens with one attached hydrogen (secondary N) is 1. The fourth-order valence-corrected chi connectivity index (χ4v) is 2.72. The van der Waals surface area contributed by atoms with Gasteiger partial charge < -0.3 is 15.2 Å². The van der Waals surface area contributed by atoms with Gasteiger partial charge in [-0.15, -0.1) is 0 Å². The summed E-state index contributed by atoms with van der Waals surface area (Å²) in [6.45, 7) is 4.00. The van der Waals surface area contributed by atoms with Crippen molar-refractivity contribution in [2.24, 2.45) is 17.3 Å². The fraction of sp³-hybridized carbons (Fsp3) is 0.467. The van der Waals surface area contributed by atoms with E-state index < -0.39 is 23.2 Å². The Morgan fingerprint density at radius 2 is 1.95 bits per heavy atom. The highest BCUT2D eigenvalue weighted by Crippen LogP contribution is 2.58. The predicted octanol–water partition coefficient (Wildman–Crippen LogP) is 2.13. The molecule has 0 saturated heterocycles. The van der Waals surface area contributed by atoms with Gasteiger partial charge in [0.25, 0.3) is 0 Å². The maximum atomic E-state index is 12.2. The standard InChI is InChI=1S/C15H19NO4/c1-15(2)11(12(15)14(18)19)13(17)16-10-7-5-4-6-9(10)8-20-3/h4-7,11-12H,8H2,1-3H3,(H,16,17)(H,18,19)/t11-,12+/m1/s1. The number of hydrogen-bond donors (Lipinski definition) is 2. The average molecular weight is 277 g/mol. The van der Waals surface area contributed by atoms with Gasteiger partial charge >= 0.3 is 5.97 Å². The largest absolute Gasteiger partial charge is 0.481 e. The molecular weight excluding hydrogens is 258 g/mol. The van der Waals surface area contributed by atoms with Crippen molar-refractivity contribution in [2.45, 2.75) is 20.5 Å². The van der Waals surface area contributed by atoms with Gasteiger partial charge in [0.1, 0.15) is 0 Å². The van der Waals surface area contributed by atoms with Crippen molar-refractivity contribution in [3.05, 3.63) is 29.8 Å². The molecule has 0 aliphatic heterocycles. The molecule has 1 aliphatic carbocycles. The van der Waals surface area contributed by atoms with Crippen molar-refractivity contribution in [1.82, 2.24) is 0 Å². The van der Waals surface area contributed by atoms with Crippen LogP contribution in [0.5, 0.6) is 0 Å². The molecule has 0 heterocycles. The second-order valence-corrected chi connectivity index (χ2v) is 5.69. The van der Waals surface area contributed by atoms with E-state index in [4.69, 9.17) is 9.84 Å². The molecule has 2 rings (SSSR count). The van der Waals surface area contributed by atoms with Crippen LogP contribution in [0.25, 0.3) is 0 Å². The Balaban J connectivity index is 2.12. The topological polar surface area (TPSA) is 75.6 Å². The Bertz CT molecular complexity index is 538. The Morgan fingerprint density at radius 1 is 1.30 bits per heavy atom. The molecule has 1 aliphatic rings. The molecule has 0 bridgehead atoms. The number of benzene rings is 1. The summed E-state index contributed by atoms with van der Waals surface area (Å²) in [6, 6.07) is 7.34. The number of carbonyl (C=O) groups excluding carboxylic acids is 1. The Labute approximate surface area is 117 Å². The number of ether oxygens (including phenoxy) is 1. The number of carboxylic acid groups (broad SMARTS) is 1. The molecule has 1 saturated carbocycles. The van der Waals surface area contributed by atoms with Crippen LogP contribution < -0.4 is 5.32 Å². The number of carboxylic acids is 1. The van der Waals surface area contributed by atoms with Gasteiger partial charge in [-0.05, 0) is 11.5 Å². The summed E-state index contributed by atoms with van der Waals surface area (Å²) in [5.41, 5.74) is 1.05. The zero-order valence-electron chi connectivity index (χ0n) is 11.8. The second kappa shape index (κ2) is 5.25. The summed E-state index contributed by atoms with van der Waals surface area (Å²) < 4.78 is 5.08. The molecule has 108 valence electrons. The quantitative estimate of drug-likeness (QED) is 0.864. The lowest BCUT2D eigenvalue weighted by Gasteiger charge is -2.11.